The number of benzene rings is 2. The number of para-hydroxylation sites is 1. The molecule has 26 heavy (non-hydrogen) atoms. The zero-order valence-electron chi connectivity index (χ0n) is 14.7. The summed E-state index contributed by atoms with van der Waals surface area (Å²) < 4.78 is 10.5. The maximum absolute atomic E-state index is 12.1. The largest absolute Gasteiger partial charge is 0.496 e. The van der Waals surface area contributed by atoms with Crippen molar-refractivity contribution < 1.29 is 19.1 Å². The van der Waals surface area contributed by atoms with Gasteiger partial charge in [-0.3, -0.25) is 9.59 Å². The van der Waals surface area contributed by atoms with Crippen molar-refractivity contribution in [2.75, 3.05) is 20.3 Å². The number of carbonyl (C=O) groups excluding carboxylic acids is 2. The molecule has 0 heterocycles. The SMILES string of the molecule is CCOc1ccc(C=NNC(=O)CNC(=O)c2ccccc2OC)cc1. The Morgan fingerprint density at radius 1 is 1.12 bits per heavy atom. The van der Waals surface area contributed by atoms with Gasteiger partial charge in [0, 0.05) is 0 Å². The Balaban J connectivity index is 1.80. The molecule has 136 valence electrons. The molecule has 0 saturated carbocycles. The summed E-state index contributed by atoms with van der Waals surface area (Å²) in [6.07, 6.45) is 1.51. The number of nitrogens with zero attached hydrogens (tertiary/aromatic N) is 1. The molecule has 0 aliphatic carbocycles. The lowest BCUT2D eigenvalue weighted by molar-refractivity contribution is -0.120. The summed E-state index contributed by atoms with van der Waals surface area (Å²) in [5.41, 5.74) is 3.53. The fourth-order valence-electron chi connectivity index (χ4n) is 2.12. The Labute approximate surface area is 152 Å². The van der Waals surface area contributed by atoms with Crippen LogP contribution in [0.1, 0.15) is 22.8 Å². The monoisotopic (exact) mass is 355 g/mol. The third kappa shape index (κ3) is 5.62. The number of rotatable bonds is 8. The maximum Gasteiger partial charge on any atom is 0.259 e. The minimum absolute atomic E-state index is 0.197. The minimum Gasteiger partial charge on any atom is -0.496 e. The highest BCUT2D eigenvalue weighted by atomic mass is 16.5. The molecule has 2 aromatic rings. The third-order valence-corrected chi connectivity index (χ3v) is 3.36. The molecule has 7 nitrogen and oxygen atoms in total. The van der Waals surface area contributed by atoms with Crippen molar-refractivity contribution in [1.29, 1.82) is 0 Å². The van der Waals surface area contributed by atoms with E-state index in [1.807, 2.05) is 31.2 Å². The third-order valence-electron chi connectivity index (χ3n) is 3.36. The van der Waals surface area contributed by atoms with Crippen molar-refractivity contribution >= 4 is 18.0 Å². The van der Waals surface area contributed by atoms with Crippen LogP contribution < -0.4 is 20.2 Å². The summed E-state index contributed by atoms with van der Waals surface area (Å²) in [7, 11) is 1.48. The predicted octanol–water partition coefficient (Wildman–Crippen LogP) is 1.97. The van der Waals surface area contributed by atoms with Crippen LogP contribution in [0.25, 0.3) is 0 Å². The first kappa shape index (κ1) is 19.0. The number of hydrogen-bond acceptors (Lipinski definition) is 5. The van der Waals surface area contributed by atoms with Gasteiger partial charge in [0.2, 0.25) is 0 Å². The van der Waals surface area contributed by atoms with Gasteiger partial charge in [-0.25, -0.2) is 5.43 Å². The number of hydrazone groups is 1. The second-order valence-corrected chi connectivity index (χ2v) is 5.18. The van der Waals surface area contributed by atoms with Gasteiger partial charge in [0.1, 0.15) is 11.5 Å². The first-order chi connectivity index (χ1) is 12.6. The van der Waals surface area contributed by atoms with Gasteiger partial charge in [-0.1, -0.05) is 12.1 Å². The van der Waals surface area contributed by atoms with Crippen LogP contribution >= 0.6 is 0 Å². The highest BCUT2D eigenvalue weighted by molar-refractivity contribution is 5.98. The molecule has 2 rings (SSSR count). The number of carbonyl (C=O) groups is 2. The summed E-state index contributed by atoms with van der Waals surface area (Å²) in [5, 5.41) is 6.38. The lowest BCUT2D eigenvalue weighted by atomic mass is 10.2. The van der Waals surface area contributed by atoms with E-state index in [-0.39, 0.29) is 6.54 Å². The first-order valence-electron chi connectivity index (χ1n) is 8.10. The quantitative estimate of drug-likeness (QED) is 0.560. The highest BCUT2D eigenvalue weighted by Crippen LogP contribution is 2.16. The number of hydrogen-bond donors (Lipinski definition) is 2. The van der Waals surface area contributed by atoms with Gasteiger partial charge >= 0.3 is 0 Å². The molecule has 0 aliphatic rings. The van der Waals surface area contributed by atoms with Gasteiger partial charge in [-0.15, -0.1) is 0 Å². The highest BCUT2D eigenvalue weighted by Gasteiger charge is 2.12. The second kappa shape index (κ2) is 9.83. The van der Waals surface area contributed by atoms with E-state index >= 15 is 0 Å². The lowest BCUT2D eigenvalue weighted by Gasteiger charge is -2.08. The van der Waals surface area contributed by atoms with E-state index in [4.69, 9.17) is 9.47 Å². The first-order valence-corrected chi connectivity index (χ1v) is 8.10. The lowest BCUT2D eigenvalue weighted by Crippen LogP contribution is -2.35. The molecule has 0 atom stereocenters. The molecule has 2 N–H and O–H groups in total. The van der Waals surface area contributed by atoms with E-state index in [0.717, 1.165) is 11.3 Å². The molecular weight excluding hydrogens is 334 g/mol. The van der Waals surface area contributed by atoms with Gasteiger partial charge in [0.15, 0.2) is 0 Å². The standard InChI is InChI=1S/C19H21N3O4/c1-3-26-15-10-8-14(9-11-15)12-21-22-18(23)13-20-19(24)16-6-4-5-7-17(16)25-2/h4-12H,3,13H2,1-2H3,(H,20,24)(H,22,23). The fourth-order valence-corrected chi connectivity index (χ4v) is 2.12. The molecule has 0 aromatic heterocycles. The van der Waals surface area contributed by atoms with Gasteiger partial charge in [0.25, 0.3) is 11.8 Å². The minimum atomic E-state index is -0.435. The molecule has 0 unspecified atom stereocenters. The van der Waals surface area contributed by atoms with Gasteiger partial charge in [0.05, 0.1) is 32.0 Å². The number of methoxy groups -OCH3 is 1. The van der Waals surface area contributed by atoms with Crippen molar-refractivity contribution in [3.05, 3.63) is 59.7 Å². The Morgan fingerprint density at radius 3 is 2.54 bits per heavy atom. The van der Waals surface area contributed by atoms with Crippen LogP contribution in [0, 0.1) is 0 Å². The smallest absolute Gasteiger partial charge is 0.259 e. The summed E-state index contributed by atoms with van der Waals surface area (Å²) in [6, 6.07) is 14.1. The van der Waals surface area contributed by atoms with E-state index in [0.29, 0.717) is 17.9 Å². The van der Waals surface area contributed by atoms with Crippen molar-refractivity contribution in [3.8, 4) is 11.5 Å². The number of amides is 2. The Bertz CT molecular complexity index is 773. The van der Waals surface area contributed by atoms with Crippen LogP contribution in [0.3, 0.4) is 0 Å². The molecule has 0 spiro atoms. The van der Waals surface area contributed by atoms with Crippen LogP contribution in [0.5, 0.6) is 11.5 Å². The van der Waals surface area contributed by atoms with Crippen molar-refractivity contribution in [1.82, 2.24) is 10.7 Å². The maximum atomic E-state index is 12.1. The van der Waals surface area contributed by atoms with E-state index in [1.165, 1.54) is 13.3 Å². The molecule has 0 fully saturated rings. The summed E-state index contributed by atoms with van der Waals surface area (Å²) in [6.45, 7) is 2.32. The number of nitrogens with one attached hydrogen (secondary N) is 2. The molecule has 0 radical (unpaired) electrons. The van der Waals surface area contributed by atoms with Gasteiger partial charge < -0.3 is 14.8 Å². The predicted molar refractivity (Wildman–Crippen MR) is 98.7 cm³/mol. The summed E-state index contributed by atoms with van der Waals surface area (Å²) in [4.78, 5) is 23.9. The zero-order chi connectivity index (χ0) is 18.8. The fraction of sp³-hybridized carbons (Fsp3) is 0.211. The topological polar surface area (TPSA) is 89.0 Å². The van der Waals surface area contributed by atoms with Crippen molar-refractivity contribution in [2.45, 2.75) is 6.92 Å². The van der Waals surface area contributed by atoms with Crippen LogP contribution in [-0.4, -0.2) is 38.3 Å². The Kier molecular flexibility index (Phi) is 7.17. The average molecular weight is 355 g/mol. The molecular formula is C19H21N3O4. The summed E-state index contributed by atoms with van der Waals surface area (Å²) >= 11 is 0. The molecule has 2 aromatic carbocycles. The molecule has 0 bridgehead atoms. The molecule has 7 heteroatoms. The zero-order valence-corrected chi connectivity index (χ0v) is 14.7. The van der Waals surface area contributed by atoms with Crippen molar-refractivity contribution in [2.24, 2.45) is 5.10 Å². The molecule has 0 saturated heterocycles. The van der Waals surface area contributed by atoms with E-state index in [1.54, 1.807) is 24.3 Å². The van der Waals surface area contributed by atoms with Crippen LogP contribution in [0.4, 0.5) is 0 Å². The Hall–Kier alpha value is -3.35. The van der Waals surface area contributed by atoms with Crippen LogP contribution in [0.15, 0.2) is 53.6 Å². The van der Waals surface area contributed by atoms with Gasteiger partial charge in [-0.05, 0) is 48.9 Å². The summed E-state index contributed by atoms with van der Waals surface area (Å²) in [5.74, 6) is 0.384. The second-order valence-electron chi connectivity index (χ2n) is 5.18. The molecule has 2 amide bonds. The Morgan fingerprint density at radius 2 is 1.85 bits per heavy atom. The van der Waals surface area contributed by atoms with Crippen LogP contribution in [-0.2, 0) is 4.79 Å². The van der Waals surface area contributed by atoms with E-state index < -0.39 is 11.8 Å². The molecule has 0 aliphatic heterocycles. The van der Waals surface area contributed by atoms with E-state index in [9.17, 15) is 9.59 Å². The van der Waals surface area contributed by atoms with E-state index in [2.05, 4.69) is 15.8 Å². The number of ether oxygens (including phenoxy) is 2. The average Bonchev–Trinajstić information content (AvgIpc) is 2.67. The van der Waals surface area contributed by atoms with Crippen LogP contribution in [0.2, 0.25) is 0 Å². The normalized spacial score (nSPS) is 10.4. The van der Waals surface area contributed by atoms with Crippen molar-refractivity contribution in [3.63, 3.8) is 0 Å². The van der Waals surface area contributed by atoms with Gasteiger partial charge in [-0.2, -0.15) is 5.10 Å².